The van der Waals surface area contributed by atoms with E-state index in [4.69, 9.17) is 0 Å². The van der Waals surface area contributed by atoms with E-state index >= 15 is 0 Å². The second-order valence-electron chi connectivity index (χ2n) is 9.95. The molecule has 0 aliphatic heterocycles. The number of hydrogen-bond donors (Lipinski definition) is 2. The largest absolute Gasteiger partial charge is 0.489 e. The fraction of sp³-hybridized carbons (Fsp3) is 0.0286. The van der Waals surface area contributed by atoms with E-state index in [-0.39, 0.29) is 0 Å². The maximum atomic E-state index is 10.4. The first-order chi connectivity index (χ1) is 18.7. The standard InChI is InChI=1S/C35H25BO2/c37-36(38)34-23-25-12-8-7-11-24(25)21-31(34)26-19-20-30-29-17-9-10-18-32(29)35(33(30)22-26,27-13-3-1-4-14-27)28-15-5-2-6-16-28/h1-23,37-38H. The van der Waals surface area contributed by atoms with E-state index in [1.165, 1.54) is 33.4 Å². The van der Waals surface area contributed by atoms with Crippen molar-refractivity contribution in [3.8, 4) is 22.3 Å². The summed E-state index contributed by atoms with van der Waals surface area (Å²) in [6.07, 6.45) is 0. The quantitative estimate of drug-likeness (QED) is 0.276. The van der Waals surface area contributed by atoms with Gasteiger partial charge >= 0.3 is 7.12 Å². The molecule has 3 heteroatoms. The van der Waals surface area contributed by atoms with Crippen LogP contribution in [0.2, 0.25) is 0 Å². The zero-order valence-corrected chi connectivity index (χ0v) is 20.8. The van der Waals surface area contributed by atoms with Crippen LogP contribution in [0.4, 0.5) is 0 Å². The monoisotopic (exact) mass is 488 g/mol. The maximum absolute atomic E-state index is 10.4. The lowest BCUT2D eigenvalue weighted by atomic mass is 9.67. The molecule has 0 heterocycles. The summed E-state index contributed by atoms with van der Waals surface area (Å²) in [4.78, 5) is 0. The summed E-state index contributed by atoms with van der Waals surface area (Å²) in [7, 11) is -1.58. The summed E-state index contributed by atoms with van der Waals surface area (Å²) in [6, 6.07) is 48.6. The molecule has 2 N–H and O–H groups in total. The summed E-state index contributed by atoms with van der Waals surface area (Å²) < 4.78 is 0. The molecule has 0 atom stereocenters. The Balaban J connectivity index is 1.57. The van der Waals surface area contributed by atoms with Gasteiger partial charge in [0, 0.05) is 0 Å². The Bertz CT molecular complexity index is 1750. The van der Waals surface area contributed by atoms with E-state index in [2.05, 4.69) is 115 Å². The predicted octanol–water partition coefficient (Wildman–Crippen LogP) is 6.55. The lowest BCUT2D eigenvalue weighted by Gasteiger charge is -2.34. The van der Waals surface area contributed by atoms with Crippen LogP contribution < -0.4 is 5.46 Å². The molecule has 0 bridgehead atoms. The highest BCUT2D eigenvalue weighted by Crippen LogP contribution is 2.56. The highest BCUT2D eigenvalue weighted by atomic mass is 16.4. The van der Waals surface area contributed by atoms with Gasteiger partial charge in [-0.2, -0.15) is 0 Å². The molecule has 0 fully saturated rings. The highest BCUT2D eigenvalue weighted by molar-refractivity contribution is 6.61. The lowest BCUT2D eigenvalue weighted by molar-refractivity contribution is 0.426. The van der Waals surface area contributed by atoms with Gasteiger partial charge in [0.2, 0.25) is 0 Å². The van der Waals surface area contributed by atoms with Gasteiger partial charge in [0.25, 0.3) is 0 Å². The Kier molecular flexibility index (Phi) is 5.29. The van der Waals surface area contributed by atoms with Crippen LogP contribution in [0.5, 0.6) is 0 Å². The van der Waals surface area contributed by atoms with Crippen LogP contribution in [0.1, 0.15) is 22.3 Å². The molecule has 7 rings (SSSR count). The Morgan fingerprint density at radius 2 is 1.00 bits per heavy atom. The average molecular weight is 488 g/mol. The summed E-state index contributed by atoms with van der Waals surface area (Å²) >= 11 is 0. The van der Waals surface area contributed by atoms with Crippen molar-refractivity contribution in [1.29, 1.82) is 0 Å². The topological polar surface area (TPSA) is 40.5 Å². The molecule has 1 aliphatic carbocycles. The van der Waals surface area contributed by atoms with Crippen LogP contribution in [-0.2, 0) is 5.41 Å². The van der Waals surface area contributed by atoms with Crippen molar-refractivity contribution in [3.63, 3.8) is 0 Å². The van der Waals surface area contributed by atoms with Crippen molar-refractivity contribution in [3.05, 3.63) is 162 Å². The van der Waals surface area contributed by atoms with Gasteiger partial charge in [0.15, 0.2) is 0 Å². The highest BCUT2D eigenvalue weighted by Gasteiger charge is 2.46. The number of hydrogen-bond acceptors (Lipinski definition) is 2. The molecule has 0 saturated heterocycles. The van der Waals surface area contributed by atoms with Gasteiger partial charge in [-0.1, -0.05) is 127 Å². The van der Waals surface area contributed by atoms with Crippen molar-refractivity contribution in [1.82, 2.24) is 0 Å². The predicted molar refractivity (Wildman–Crippen MR) is 157 cm³/mol. The molecule has 0 saturated carbocycles. The Morgan fingerprint density at radius 1 is 0.447 bits per heavy atom. The smallest absolute Gasteiger partial charge is 0.423 e. The first-order valence-corrected chi connectivity index (χ1v) is 12.9. The normalized spacial score (nSPS) is 13.2. The first kappa shape index (κ1) is 22.7. The number of rotatable bonds is 4. The molecule has 0 aromatic heterocycles. The van der Waals surface area contributed by atoms with E-state index in [0.29, 0.717) is 5.46 Å². The van der Waals surface area contributed by atoms with Gasteiger partial charge < -0.3 is 10.0 Å². The second kappa shape index (κ2) is 8.85. The molecule has 2 nitrogen and oxygen atoms in total. The van der Waals surface area contributed by atoms with Gasteiger partial charge in [0.05, 0.1) is 5.41 Å². The van der Waals surface area contributed by atoms with E-state index in [1.54, 1.807) is 0 Å². The Hall–Kier alpha value is -4.44. The number of fused-ring (bicyclic) bond motifs is 4. The van der Waals surface area contributed by atoms with E-state index in [9.17, 15) is 10.0 Å². The van der Waals surface area contributed by atoms with Crippen LogP contribution in [0.15, 0.2) is 140 Å². The third-order valence-electron chi connectivity index (χ3n) is 7.97. The molecular formula is C35H25BO2. The molecule has 6 aromatic carbocycles. The van der Waals surface area contributed by atoms with Crippen LogP contribution in [0, 0.1) is 0 Å². The van der Waals surface area contributed by atoms with Crippen molar-refractivity contribution in [2.45, 2.75) is 5.41 Å². The number of benzene rings is 6. The Labute approximate surface area is 222 Å². The minimum atomic E-state index is -1.58. The molecule has 0 unspecified atom stereocenters. The zero-order chi connectivity index (χ0) is 25.7. The Morgan fingerprint density at radius 3 is 1.66 bits per heavy atom. The van der Waals surface area contributed by atoms with Crippen molar-refractivity contribution >= 4 is 23.4 Å². The summed E-state index contributed by atoms with van der Waals surface area (Å²) in [5.41, 5.74) is 9.07. The van der Waals surface area contributed by atoms with Crippen molar-refractivity contribution < 1.29 is 10.0 Å². The van der Waals surface area contributed by atoms with E-state index < -0.39 is 12.5 Å². The SMILES string of the molecule is OB(O)c1cc2ccccc2cc1-c1ccc2c(c1)C(c1ccccc1)(c1ccccc1)c1ccccc1-2. The third kappa shape index (κ3) is 3.30. The second-order valence-corrected chi connectivity index (χ2v) is 9.95. The van der Waals surface area contributed by atoms with Crippen LogP contribution >= 0.6 is 0 Å². The van der Waals surface area contributed by atoms with Gasteiger partial charge in [0.1, 0.15) is 0 Å². The lowest BCUT2D eigenvalue weighted by Crippen LogP contribution is -2.32. The maximum Gasteiger partial charge on any atom is 0.489 e. The summed E-state index contributed by atoms with van der Waals surface area (Å²) in [6.45, 7) is 0. The molecule has 1 aliphatic rings. The third-order valence-corrected chi connectivity index (χ3v) is 7.97. The molecule has 0 radical (unpaired) electrons. The average Bonchev–Trinajstić information content (AvgIpc) is 3.28. The molecule has 6 aromatic rings. The molecular weight excluding hydrogens is 463 g/mol. The summed E-state index contributed by atoms with van der Waals surface area (Å²) in [5.74, 6) is 0. The van der Waals surface area contributed by atoms with Crippen LogP contribution in [0.25, 0.3) is 33.0 Å². The van der Waals surface area contributed by atoms with Crippen LogP contribution in [0.3, 0.4) is 0 Å². The van der Waals surface area contributed by atoms with Gasteiger partial charge in [-0.25, -0.2) is 0 Å². The fourth-order valence-electron chi connectivity index (χ4n) is 6.33. The van der Waals surface area contributed by atoms with E-state index in [0.717, 1.165) is 21.9 Å². The first-order valence-electron chi connectivity index (χ1n) is 12.9. The molecule has 0 amide bonds. The van der Waals surface area contributed by atoms with Crippen LogP contribution in [-0.4, -0.2) is 17.2 Å². The molecule has 38 heavy (non-hydrogen) atoms. The van der Waals surface area contributed by atoms with E-state index in [1.807, 2.05) is 24.3 Å². The van der Waals surface area contributed by atoms with Crippen molar-refractivity contribution in [2.75, 3.05) is 0 Å². The fourth-order valence-corrected chi connectivity index (χ4v) is 6.33. The minimum absolute atomic E-state index is 0.501. The van der Waals surface area contributed by atoms with Crippen molar-refractivity contribution in [2.24, 2.45) is 0 Å². The van der Waals surface area contributed by atoms with Gasteiger partial charge in [-0.05, 0) is 72.9 Å². The minimum Gasteiger partial charge on any atom is -0.423 e. The molecule has 180 valence electrons. The van der Waals surface area contributed by atoms with Gasteiger partial charge in [-0.3, -0.25) is 0 Å². The van der Waals surface area contributed by atoms with Gasteiger partial charge in [-0.15, -0.1) is 0 Å². The molecule has 0 spiro atoms. The zero-order valence-electron chi connectivity index (χ0n) is 20.8. The summed E-state index contributed by atoms with van der Waals surface area (Å²) in [5, 5.41) is 22.8.